The van der Waals surface area contributed by atoms with E-state index in [1.807, 2.05) is 0 Å². The summed E-state index contributed by atoms with van der Waals surface area (Å²) in [5, 5.41) is 18.5. The van der Waals surface area contributed by atoms with Crippen molar-refractivity contribution in [3.05, 3.63) is 0 Å². The molecule has 9 heteroatoms. The topological polar surface area (TPSA) is 148 Å². The van der Waals surface area contributed by atoms with E-state index < -0.39 is 21.3 Å². The van der Waals surface area contributed by atoms with Crippen LogP contribution < -0.4 is 16.2 Å². The normalized spacial score (nSPS) is 16.3. The first-order valence-corrected chi connectivity index (χ1v) is 6.65. The second kappa shape index (κ2) is 5.82. The monoisotopic (exact) mass is 266 g/mol. The molecule has 6 N–H and O–H groups in total. The molecule has 0 aliphatic carbocycles. The molecule has 0 rings (SSSR count). The fourth-order valence-electron chi connectivity index (χ4n) is 1.07. The van der Waals surface area contributed by atoms with Crippen LogP contribution in [0.25, 0.3) is 0 Å². The maximum Gasteiger partial charge on any atom is 0.233 e. The molecule has 0 aromatic carbocycles. The standard InChI is InChI=1S/C8H18N4O4S/c1-3-8(2,6(9)12-14)7(13)11-4-5-17(10,15)16/h14H,3-5H2,1-2H3,(H2,9,12)(H,11,13)(H2,10,15,16). The van der Waals surface area contributed by atoms with E-state index in [0.29, 0.717) is 6.42 Å². The average molecular weight is 266 g/mol. The maximum absolute atomic E-state index is 11.8. The minimum absolute atomic E-state index is 0.119. The van der Waals surface area contributed by atoms with Gasteiger partial charge in [-0.2, -0.15) is 0 Å². The van der Waals surface area contributed by atoms with E-state index in [2.05, 4.69) is 10.5 Å². The van der Waals surface area contributed by atoms with E-state index in [1.54, 1.807) is 6.92 Å². The van der Waals surface area contributed by atoms with Gasteiger partial charge in [0.25, 0.3) is 0 Å². The summed E-state index contributed by atoms with van der Waals surface area (Å²) in [6.07, 6.45) is 0.310. The van der Waals surface area contributed by atoms with Crippen LogP contribution in [0, 0.1) is 5.41 Å². The van der Waals surface area contributed by atoms with Gasteiger partial charge in [0, 0.05) is 6.54 Å². The van der Waals surface area contributed by atoms with Crippen LogP contribution in [-0.2, 0) is 14.8 Å². The highest BCUT2D eigenvalue weighted by Crippen LogP contribution is 2.21. The molecule has 0 aliphatic heterocycles. The third-order valence-corrected chi connectivity index (χ3v) is 3.33. The third-order valence-electron chi connectivity index (χ3n) is 2.55. The highest BCUT2D eigenvalue weighted by molar-refractivity contribution is 7.89. The van der Waals surface area contributed by atoms with Gasteiger partial charge in [0.2, 0.25) is 15.9 Å². The van der Waals surface area contributed by atoms with E-state index in [0.717, 1.165) is 0 Å². The molecule has 0 saturated heterocycles. The number of oxime groups is 1. The predicted molar refractivity (Wildman–Crippen MR) is 62.8 cm³/mol. The minimum Gasteiger partial charge on any atom is -0.409 e. The number of amidine groups is 1. The lowest BCUT2D eigenvalue weighted by atomic mass is 9.85. The largest absolute Gasteiger partial charge is 0.409 e. The molecule has 0 heterocycles. The quantitative estimate of drug-likeness (QED) is 0.201. The highest BCUT2D eigenvalue weighted by Gasteiger charge is 2.36. The molecule has 1 amide bonds. The van der Waals surface area contributed by atoms with Gasteiger partial charge in [-0.05, 0) is 13.3 Å². The number of nitrogens with two attached hydrogens (primary N) is 2. The second-order valence-electron chi connectivity index (χ2n) is 3.79. The summed E-state index contributed by atoms with van der Waals surface area (Å²) in [5.74, 6) is -1.11. The molecule has 17 heavy (non-hydrogen) atoms. The van der Waals surface area contributed by atoms with Crippen molar-refractivity contribution >= 4 is 21.8 Å². The van der Waals surface area contributed by atoms with Crippen LogP contribution >= 0.6 is 0 Å². The predicted octanol–water partition coefficient (Wildman–Crippen LogP) is -1.45. The highest BCUT2D eigenvalue weighted by atomic mass is 32.2. The lowest BCUT2D eigenvalue weighted by Crippen LogP contribution is -2.48. The molecule has 0 spiro atoms. The number of carbonyl (C=O) groups excluding carboxylic acids is 1. The molecular weight excluding hydrogens is 248 g/mol. The van der Waals surface area contributed by atoms with Gasteiger partial charge in [0.1, 0.15) is 5.41 Å². The van der Waals surface area contributed by atoms with Crippen molar-refractivity contribution in [1.29, 1.82) is 0 Å². The number of rotatable bonds is 6. The van der Waals surface area contributed by atoms with Crippen LogP contribution in [0.3, 0.4) is 0 Å². The van der Waals surface area contributed by atoms with Crippen molar-refractivity contribution in [2.24, 2.45) is 21.4 Å². The SMILES string of the molecule is CCC(C)(C(=O)NCCS(N)(=O)=O)C(N)=NO. The molecule has 0 radical (unpaired) electrons. The number of amides is 1. The number of nitrogens with one attached hydrogen (secondary N) is 1. The van der Waals surface area contributed by atoms with Crippen molar-refractivity contribution in [1.82, 2.24) is 5.32 Å². The zero-order chi connectivity index (χ0) is 13.7. The molecule has 0 aromatic heterocycles. The summed E-state index contributed by atoms with van der Waals surface area (Å²) in [5.41, 5.74) is 4.24. The third kappa shape index (κ3) is 4.57. The van der Waals surface area contributed by atoms with Crippen molar-refractivity contribution in [2.75, 3.05) is 12.3 Å². The van der Waals surface area contributed by atoms with E-state index in [9.17, 15) is 13.2 Å². The molecule has 8 nitrogen and oxygen atoms in total. The number of primary sulfonamides is 1. The Morgan fingerprint density at radius 2 is 2.06 bits per heavy atom. The Balaban J connectivity index is 4.58. The average Bonchev–Trinajstić information content (AvgIpc) is 2.24. The Morgan fingerprint density at radius 1 is 1.53 bits per heavy atom. The van der Waals surface area contributed by atoms with Crippen molar-refractivity contribution < 1.29 is 18.4 Å². The van der Waals surface area contributed by atoms with E-state index >= 15 is 0 Å². The Kier molecular flexibility index (Phi) is 5.36. The fourth-order valence-corrected chi connectivity index (χ4v) is 1.46. The Hall–Kier alpha value is -1.35. The van der Waals surface area contributed by atoms with Gasteiger partial charge in [0.05, 0.1) is 5.75 Å². The molecule has 0 aromatic rings. The molecule has 100 valence electrons. The van der Waals surface area contributed by atoms with Crippen LogP contribution in [0.15, 0.2) is 5.16 Å². The van der Waals surface area contributed by atoms with Gasteiger partial charge in [-0.15, -0.1) is 0 Å². The Morgan fingerprint density at radius 3 is 2.41 bits per heavy atom. The molecule has 1 unspecified atom stereocenters. The van der Waals surface area contributed by atoms with Gasteiger partial charge < -0.3 is 16.3 Å². The van der Waals surface area contributed by atoms with Crippen molar-refractivity contribution in [2.45, 2.75) is 20.3 Å². The summed E-state index contributed by atoms with van der Waals surface area (Å²) in [6.45, 7) is 3.07. The van der Waals surface area contributed by atoms with E-state index in [1.165, 1.54) is 6.92 Å². The van der Waals surface area contributed by atoms with Crippen LogP contribution in [0.5, 0.6) is 0 Å². The van der Waals surface area contributed by atoms with Gasteiger partial charge in [-0.1, -0.05) is 12.1 Å². The number of hydrogen-bond acceptors (Lipinski definition) is 5. The maximum atomic E-state index is 11.8. The molecule has 1 atom stereocenters. The molecule has 0 fully saturated rings. The summed E-state index contributed by atoms with van der Waals surface area (Å²) in [6, 6.07) is 0. The molecule has 0 saturated carbocycles. The van der Waals surface area contributed by atoms with Gasteiger partial charge in [0.15, 0.2) is 5.84 Å². The van der Waals surface area contributed by atoms with Crippen molar-refractivity contribution in [3.63, 3.8) is 0 Å². The van der Waals surface area contributed by atoms with Crippen LogP contribution in [0.4, 0.5) is 0 Å². The Bertz CT molecular complexity index is 406. The molecular formula is C8H18N4O4S. The number of sulfonamides is 1. The first kappa shape index (κ1) is 15.7. The molecule has 0 aliphatic rings. The summed E-state index contributed by atoms with van der Waals surface area (Å²) >= 11 is 0. The lowest BCUT2D eigenvalue weighted by molar-refractivity contribution is -0.127. The first-order chi connectivity index (χ1) is 7.67. The van der Waals surface area contributed by atoms with Crippen molar-refractivity contribution in [3.8, 4) is 0 Å². The van der Waals surface area contributed by atoms with Gasteiger partial charge in [-0.3, -0.25) is 4.79 Å². The Labute approximate surface area is 100 Å². The van der Waals surface area contributed by atoms with Gasteiger partial charge in [-0.25, -0.2) is 13.6 Å². The van der Waals surface area contributed by atoms with E-state index in [4.69, 9.17) is 16.1 Å². The minimum atomic E-state index is -3.62. The second-order valence-corrected chi connectivity index (χ2v) is 5.53. The summed E-state index contributed by atoms with van der Waals surface area (Å²) in [4.78, 5) is 11.8. The summed E-state index contributed by atoms with van der Waals surface area (Å²) < 4.78 is 21.3. The van der Waals surface area contributed by atoms with Crippen LogP contribution in [0.2, 0.25) is 0 Å². The van der Waals surface area contributed by atoms with E-state index in [-0.39, 0.29) is 18.1 Å². The lowest BCUT2D eigenvalue weighted by Gasteiger charge is -2.25. The fraction of sp³-hybridized carbons (Fsp3) is 0.750. The van der Waals surface area contributed by atoms with Crippen LogP contribution in [-0.4, -0.2) is 37.7 Å². The number of carbonyl (C=O) groups is 1. The number of nitrogens with zero attached hydrogens (tertiary/aromatic N) is 1. The zero-order valence-electron chi connectivity index (χ0n) is 9.80. The van der Waals surface area contributed by atoms with Gasteiger partial charge >= 0.3 is 0 Å². The first-order valence-electron chi connectivity index (χ1n) is 4.94. The number of hydrogen-bond donors (Lipinski definition) is 4. The molecule has 0 bridgehead atoms. The zero-order valence-corrected chi connectivity index (χ0v) is 10.6. The summed E-state index contributed by atoms with van der Waals surface area (Å²) in [7, 11) is -3.62. The smallest absolute Gasteiger partial charge is 0.233 e. The van der Waals surface area contributed by atoms with Crippen LogP contribution in [0.1, 0.15) is 20.3 Å².